The molecule has 0 heterocycles. The molecule has 0 spiro atoms. The van der Waals surface area contributed by atoms with Gasteiger partial charge >= 0.3 is 5.97 Å². The van der Waals surface area contributed by atoms with Gasteiger partial charge in [-0.05, 0) is 44.0 Å². The minimum Gasteiger partial charge on any atom is -0.491 e. The van der Waals surface area contributed by atoms with Crippen molar-refractivity contribution in [3.63, 3.8) is 0 Å². The van der Waals surface area contributed by atoms with Gasteiger partial charge in [-0.15, -0.1) is 0 Å². The van der Waals surface area contributed by atoms with Crippen LogP contribution in [0.25, 0.3) is 11.1 Å². The Morgan fingerprint density at radius 1 is 0.923 bits per heavy atom. The first-order valence-electron chi connectivity index (χ1n) is 8.45. The van der Waals surface area contributed by atoms with Crippen molar-refractivity contribution in [3.05, 3.63) is 54.1 Å². The molecule has 0 bridgehead atoms. The number of rotatable bonds is 8. The number of hydrogen-bond donors (Lipinski definition) is 0. The summed E-state index contributed by atoms with van der Waals surface area (Å²) in [5, 5.41) is 0. The largest absolute Gasteiger partial charge is 0.491 e. The second-order valence-corrected chi connectivity index (χ2v) is 6.75. The van der Waals surface area contributed by atoms with Gasteiger partial charge in [0.15, 0.2) is 0 Å². The van der Waals surface area contributed by atoms with Gasteiger partial charge in [-0.2, -0.15) is 0 Å². The van der Waals surface area contributed by atoms with Gasteiger partial charge in [0.2, 0.25) is 0 Å². The van der Waals surface area contributed by atoms with E-state index in [-0.39, 0.29) is 12.6 Å². The normalized spacial score (nSPS) is 11.0. The van der Waals surface area contributed by atoms with Gasteiger partial charge in [-0.25, -0.2) is 4.79 Å². The van der Waals surface area contributed by atoms with Crippen LogP contribution in [0.15, 0.2) is 48.5 Å². The van der Waals surface area contributed by atoms with Crippen LogP contribution in [0.1, 0.15) is 31.1 Å². The van der Waals surface area contributed by atoms with E-state index in [0.29, 0.717) is 18.8 Å². The molecule has 5 heteroatoms. The summed E-state index contributed by atoms with van der Waals surface area (Å²) in [6, 6.07) is 15.0. The first kappa shape index (κ1) is 19.7. The fraction of sp³-hybridized carbons (Fsp3) is 0.333. The first-order chi connectivity index (χ1) is 12.4. The predicted octanol–water partition coefficient (Wildman–Crippen LogP) is 3.90. The monoisotopic (exact) mass is 356 g/mol. The van der Waals surface area contributed by atoms with Crippen molar-refractivity contribution < 1.29 is 23.8 Å². The lowest BCUT2D eigenvalue weighted by Gasteiger charge is -2.19. The number of esters is 1. The lowest BCUT2D eigenvalue weighted by atomic mass is 10.0. The minimum absolute atomic E-state index is 0.0870. The number of aldehydes is 1. The summed E-state index contributed by atoms with van der Waals surface area (Å²) in [6.07, 6.45) is 0.825. The molecule has 0 saturated heterocycles. The molecule has 0 aromatic heterocycles. The Hall–Kier alpha value is -2.66. The van der Waals surface area contributed by atoms with Crippen molar-refractivity contribution in [2.45, 2.75) is 26.4 Å². The van der Waals surface area contributed by atoms with Crippen LogP contribution in [-0.4, -0.2) is 37.7 Å². The van der Waals surface area contributed by atoms with Crippen LogP contribution in [0.3, 0.4) is 0 Å². The van der Waals surface area contributed by atoms with E-state index >= 15 is 0 Å². The summed E-state index contributed by atoms with van der Waals surface area (Å²) < 4.78 is 16.0. The molecule has 2 aromatic rings. The van der Waals surface area contributed by atoms with E-state index in [4.69, 9.17) is 14.2 Å². The van der Waals surface area contributed by atoms with E-state index in [0.717, 1.165) is 23.2 Å². The molecular formula is C21H24O5. The molecule has 0 fully saturated rings. The highest BCUT2D eigenvalue weighted by Crippen LogP contribution is 2.22. The van der Waals surface area contributed by atoms with Gasteiger partial charge in [-0.3, -0.25) is 4.79 Å². The summed E-state index contributed by atoms with van der Waals surface area (Å²) in [5.74, 6) is 0.335. The molecular weight excluding hydrogens is 332 g/mol. The lowest BCUT2D eigenvalue weighted by molar-refractivity contribution is -0.160. The number of benzene rings is 2. The Labute approximate surface area is 153 Å². The van der Waals surface area contributed by atoms with Gasteiger partial charge in [0.05, 0.1) is 6.61 Å². The van der Waals surface area contributed by atoms with Gasteiger partial charge in [0, 0.05) is 5.56 Å². The molecule has 2 rings (SSSR count). The van der Waals surface area contributed by atoms with Crippen molar-refractivity contribution in [2.75, 3.05) is 19.8 Å². The second-order valence-electron chi connectivity index (χ2n) is 6.75. The van der Waals surface area contributed by atoms with E-state index in [2.05, 4.69) is 0 Å². The van der Waals surface area contributed by atoms with Crippen LogP contribution in [0, 0.1) is 0 Å². The van der Waals surface area contributed by atoms with Crippen LogP contribution < -0.4 is 4.74 Å². The molecule has 0 radical (unpaired) electrons. The molecule has 138 valence electrons. The van der Waals surface area contributed by atoms with Crippen LogP contribution in [0.2, 0.25) is 0 Å². The molecule has 5 nitrogen and oxygen atoms in total. The van der Waals surface area contributed by atoms with Crippen molar-refractivity contribution in [3.8, 4) is 16.9 Å². The number of hydrogen-bond acceptors (Lipinski definition) is 5. The highest BCUT2D eigenvalue weighted by molar-refractivity contribution is 5.77. The van der Waals surface area contributed by atoms with Crippen LogP contribution in [0.5, 0.6) is 5.75 Å². The lowest BCUT2D eigenvalue weighted by Crippen LogP contribution is -2.27. The molecule has 0 aliphatic heterocycles. The summed E-state index contributed by atoms with van der Waals surface area (Å²) in [5.41, 5.74) is 2.21. The predicted molar refractivity (Wildman–Crippen MR) is 99.4 cm³/mol. The third-order valence-electron chi connectivity index (χ3n) is 3.37. The molecule has 0 N–H and O–H groups in total. The maximum absolute atomic E-state index is 11.5. The average Bonchev–Trinajstić information content (AvgIpc) is 2.60. The fourth-order valence-corrected chi connectivity index (χ4v) is 2.24. The average molecular weight is 356 g/mol. The minimum atomic E-state index is -0.508. The van der Waals surface area contributed by atoms with E-state index in [1.807, 2.05) is 57.2 Å². The highest BCUT2D eigenvalue weighted by atomic mass is 16.6. The Bertz CT molecular complexity index is 712. The van der Waals surface area contributed by atoms with Crippen LogP contribution in [-0.2, 0) is 14.3 Å². The maximum atomic E-state index is 11.5. The summed E-state index contributed by atoms with van der Waals surface area (Å²) >= 11 is 0. The first-order valence-corrected chi connectivity index (χ1v) is 8.45. The third-order valence-corrected chi connectivity index (χ3v) is 3.37. The highest BCUT2D eigenvalue weighted by Gasteiger charge is 2.15. The van der Waals surface area contributed by atoms with E-state index in [1.54, 1.807) is 12.1 Å². The zero-order chi connectivity index (χ0) is 19.0. The molecule has 0 unspecified atom stereocenters. The summed E-state index contributed by atoms with van der Waals surface area (Å²) in [4.78, 5) is 22.2. The Balaban J connectivity index is 1.73. The molecule has 0 amide bonds. The standard InChI is InChI=1S/C21H24O5/c1-21(2,3)26-20(23)15-24-12-13-25-19-10-8-18(9-11-19)17-6-4-16(14-22)5-7-17/h4-11,14H,12-13,15H2,1-3H3. The smallest absolute Gasteiger partial charge is 0.332 e. The quantitative estimate of drug-likeness (QED) is 0.408. The molecule has 0 saturated carbocycles. The van der Waals surface area contributed by atoms with E-state index < -0.39 is 5.60 Å². The van der Waals surface area contributed by atoms with E-state index in [1.165, 1.54) is 0 Å². The van der Waals surface area contributed by atoms with Crippen LogP contribution >= 0.6 is 0 Å². The number of carbonyl (C=O) groups is 2. The van der Waals surface area contributed by atoms with Gasteiger partial charge in [0.25, 0.3) is 0 Å². The van der Waals surface area contributed by atoms with Crippen molar-refractivity contribution in [2.24, 2.45) is 0 Å². The maximum Gasteiger partial charge on any atom is 0.332 e. The summed E-state index contributed by atoms with van der Waals surface area (Å²) in [7, 11) is 0. The molecule has 26 heavy (non-hydrogen) atoms. The fourth-order valence-electron chi connectivity index (χ4n) is 2.24. The topological polar surface area (TPSA) is 61.8 Å². The molecule has 0 aliphatic rings. The molecule has 0 aliphatic carbocycles. The van der Waals surface area contributed by atoms with E-state index in [9.17, 15) is 9.59 Å². The zero-order valence-corrected chi connectivity index (χ0v) is 15.4. The number of ether oxygens (including phenoxy) is 3. The van der Waals surface area contributed by atoms with Crippen molar-refractivity contribution in [1.82, 2.24) is 0 Å². The molecule has 2 aromatic carbocycles. The third kappa shape index (κ3) is 6.69. The summed E-state index contributed by atoms with van der Waals surface area (Å²) in [6.45, 7) is 6.00. The van der Waals surface area contributed by atoms with Gasteiger partial charge in [0.1, 0.15) is 30.9 Å². The Kier molecular flexibility index (Phi) is 6.92. The Morgan fingerprint density at radius 3 is 2.04 bits per heavy atom. The molecule has 0 atom stereocenters. The zero-order valence-electron chi connectivity index (χ0n) is 15.4. The van der Waals surface area contributed by atoms with Crippen LogP contribution in [0.4, 0.5) is 0 Å². The SMILES string of the molecule is CC(C)(C)OC(=O)COCCOc1ccc(-c2ccc(C=O)cc2)cc1. The second kappa shape index (κ2) is 9.15. The van der Waals surface area contributed by atoms with Crippen molar-refractivity contribution >= 4 is 12.3 Å². The number of carbonyl (C=O) groups excluding carboxylic acids is 2. The Morgan fingerprint density at radius 2 is 1.50 bits per heavy atom. The van der Waals surface area contributed by atoms with Gasteiger partial charge in [-0.1, -0.05) is 36.4 Å². The van der Waals surface area contributed by atoms with Crippen molar-refractivity contribution in [1.29, 1.82) is 0 Å². The van der Waals surface area contributed by atoms with Gasteiger partial charge < -0.3 is 14.2 Å².